The number of nitrogens with zero attached hydrogens (tertiary/aromatic N) is 1. The van der Waals surface area contributed by atoms with Crippen molar-refractivity contribution in [3.05, 3.63) is 29.3 Å². The molecule has 2 aliphatic rings. The van der Waals surface area contributed by atoms with Crippen molar-refractivity contribution in [2.24, 2.45) is 5.92 Å². The van der Waals surface area contributed by atoms with Crippen molar-refractivity contribution < 1.29 is 14.7 Å². The van der Waals surface area contributed by atoms with Gasteiger partial charge in [0.05, 0.1) is 5.56 Å². The van der Waals surface area contributed by atoms with Crippen LogP contribution in [0.5, 0.6) is 0 Å². The van der Waals surface area contributed by atoms with Crippen LogP contribution in [0, 0.1) is 5.92 Å². The van der Waals surface area contributed by atoms with Crippen LogP contribution in [0.1, 0.15) is 54.4 Å². The summed E-state index contributed by atoms with van der Waals surface area (Å²) in [6.07, 6.45) is 7.50. The molecule has 0 bridgehead atoms. The van der Waals surface area contributed by atoms with Gasteiger partial charge in [-0.25, -0.2) is 4.79 Å². The van der Waals surface area contributed by atoms with Crippen LogP contribution >= 0.6 is 0 Å². The van der Waals surface area contributed by atoms with E-state index in [4.69, 9.17) is 5.11 Å². The van der Waals surface area contributed by atoms with Gasteiger partial charge in [0.1, 0.15) is 0 Å². The molecule has 3 rings (SSSR count). The Morgan fingerprint density at radius 2 is 2.00 bits per heavy atom. The van der Waals surface area contributed by atoms with E-state index in [1.807, 2.05) is 6.07 Å². The highest BCUT2D eigenvalue weighted by Crippen LogP contribution is 2.32. The minimum Gasteiger partial charge on any atom is -0.478 e. The zero-order valence-electron chi connectivity index (χ0n) is 12.2. The quantitative estimate of drug-likeness (QED) is 0.924. The summed E-state index contributed by atoms with van der Waals surface area (Å²) in [5.41, 5.74) is 2.13. The molecule has 1 aromatic carbocycles. The monoisotopic (exact) mass is 287 g/mol. The van der Waals surface area contributed by atoms with Gasteiger partial charge in [-0.05, 0) is 36.5 Å². The minimum atomic E-state index is -0.942. The highest BCUT2D eigenvalue weighted by Gasteiger charge is 2.26. The summed E-state index contributed by atoms with van der Waals surface area (Å²) in [5.74, 6) is -0.0902. The van der Waals surface area contributed by atoms with E-state index in [2.05, 4.69) is 0 Å². The van der Waals surface area contributed by atoms with E-state index < -0.39 is 5.97 Å². The Morgan fingerprint density at radius 1 is 1.24 bits per heavy atom. The molecular formula is C17H21NO3. The van der Waals surface area contributed by atoms with Crippen LogP contribution < -0.4 is 4.90 Å². The summed E-state index contributed by atoms with van der Waals surface area (Å²) in [5, 5.41) is 9.08. The lowest BCUT2D eigenvalue weighted by Crippen LogP contribution is -2.29. The van der Waals surface area contributed by atoms with Gasteiger partial charge in [-0.3, -0.25) is 4.79 Å². The predicted molar refractivity (Wildman–Crippen MR) is 80.7 cm³/mol. The molecule has 4 nitrogen and oxygen atoms in total. The second kappa shape index (κ2) is 5.88. The molecule has 0 aromatic heterocycles. The van der Waals surface area contributed by atoms with Crippen molar-refractivity contribution in [1.29, 1.82) is 0 Å². The maximum absolute atomic E-state index is 12.4. The largest absolute Gasteiger partial charge is 0.478 e. The molecule has 1 N–H and O–H groups in total. The molecule has 1 aliphatic heterocycles. The molecule has 1 aliphatic carbocycles. The molecule has 1 aromatic rings. The van der Waals surface area contributed by atoms with Crippen molar-refractivity contribution in [2.75, 3.05) is 11.4 Å². The zero-order valence-corrected chi connectivity index (χ0v) is 12.2. The summed E-state index contributed by atoms with van der Waals surface area (Å²) in [6.45, 7) is 0.682. The van der Waals surface area contributed by atoms with E-state index in [1.54, 1.807) is 17.0 Å². The van der Waals surface area contributed by atoms with E-state index >= 15 is 0 Å². The molecule has 0 atom stereocenters. The average molecular weight is 287 g/mol. The van der Waals surface area contributed by atoms with E-state index in [9.17, 15) is 9.59 Å². The van der Waals surface area contributed by atoms with E-state index in [-0.39, 0.29) is 11.5 Å². The molecule has 0 saturated heterocycles. The minimum absolute atomic E-state index is 0.142. The normalized spacial score (nSPS) is 18.0. The van der Waals surface area contributed by atoms with Crippen LogP contribution in [0.3, 0.4) is 0 Å². The molecule has 112 valence electrons. The number of benzene rings is 1. The number of anilines is 1. The summed E-state index contributed by atoms with van der Waals surface area (Å²) >= 11 is 0. The lowest BCUT2D eigenvalue weighted by Gasteiger charge is -2.19. The Labute approximate surface area is 124 Å². The predicted octanol–water partition coefficient (Wildman–Crippen LogP) is 3.24. The first kappa shape index (κ1) is 14.1. The molecule has 1 amide bonds. The Hall–Kier alpha value is -1.84. The molecule has 1 fully saturated rings. The summed E-state index contributed by atoms with van der Waals surface area (Å²) in [7, 11) is 0. The SMILES string of the molecule is O=C(O)c1ccc2c(c1)N(C(=O)CCC1CCCC1)CC2. The maximum atomic E-state index is 12.4. The topological polar surface area (TPSA) is 57.6 Å². The van der Waals surface area contributed by atoms with Crippen molar-refractivity contribution in [1.82, 2.24) is 0 Å². The first-order chi connectivity index (χ1) is 10.1. The summed E-state index contributed by atoms with van der Waals surface area (Å²) < 4.78 is 0. The highest BCUT2D eigenvalue weighted by atomic mass is 16.4. The third-order valence-corrected chi connectivity index (χ3v) is 4.77. The van der Waals surface area contributed by atoms with Gasteiger partial charge < -0.3 is 10.0 Å². The van der Waals surface area contributed by atoms with Gasteiger partial charge >= 0.3 is 5.97 Å². The molecule has 0 radical (unpaired) electrons. The fraction of sp³-hybridized carbons (Fsp3) is 0.529. The number of hydrogen-bond donors (Lipinski definition) is 1. The van der Waals surface area contributed by atoms with Crippen molar-refractivity contribution in [2.45, 2.75) is 44.9 Å². The van der Waals surface area contributed by atoms with Gasteiger partial charge in [0.25, 0.3) is 0 Å². The van der Waals surface area contributed by atoms with Crippen molar-refractivity contribution >= 4 is 17.6 Å². The van der Waals surface area contributed by atoms with Gasteiger partial charge in [0.15, 0.2) is 0 Å². The molecule has 21 heavy (non-hydrogen) atoms. The molecule has 4 heteroatoms. The smallest absolute Gasteiger partial charge is 0.335 e. The Bertz CT molecular complexity index is 561. The Kier molecular flexibility index (Phi) is 3.95. The van der Waals surface area contributed by atoms with Crippen LogP contribution in [0.25, 0.3) is 0 Å². The molecular weight excluding hydrogens is 266 g/mol. The lowest BCUT2D eigenvalue weighted by atomic mass is 10.0. The number of carbonyl (C=O) groups excluding carboxylic acids is 1. The van der Waals surface area contributed by atoms with Gasteiger partial charge in [-0.15, -0.1) is 0 Å². The van der Waals surface area contributed by atoms with Crippen molar-refractivity contribution in [3.8, 4) is 0 Å². The Balaban J connectivity index is 1.68. The van der Waals surface area contributed by atoms with Crippen LogP contribution in [-0.4, -0.2) is 23.5 Å². The maximum Gasteiger partial charge on any atom is 0.335 e. The molecule has 0 unspecified atom stereocenters. The number of carbonyl (C=O) groups is 2. The third kappa shape index (κ3) is 2.94. The second-order valence-corrected chi connectivity index (χ2v) is 6.13. The fourth-order valence-corrected chi connectivity index (χ4v) is 3.53. The number of hydrogen-bond acceptors (Lipinski definition) is 2. The summed E-state index contributed by atoms with van der Waals surface area (Å²) in [6, 6.07) is 5.09. The molecule has 1 heterocycles. The number of carboxylic acids is 1. The van der Waals surface area contributed by atoms with Gasteiger partial charge in [-0.2, -0.15) is 0 Å². The number of aromatic carboxylic acids is 1. The van der Waals surface area contributed by atoms with Crippen LogP contribution in [0.15, 0.2) is 18.2 Å². The number of carboxylic acid groups (broad SMARTS) is 1. The van der Waals surface area contributed by atoms with E-state index in [1.165, 1.54) is 25.7 Å². The van der Waals surface area contributed by atoms with Gasteiger partial charge in [0, 0.05) is 18.7 Å². The second-order valence-electron chi connectivity index (χ2n) is 6.13. The molecule has 1 saturated carbocycles. The first-order valence-corrected chi connectivity index (χ1v) is 7.82. The highest BCUT2D eigenvalue weighted by molar-refractivity contribution is 5.97. The van der Waals surface area contributed by atoms with Gasteiger partial charge in [-0.1, -0.05) is 31.7 Å². The fourth-order valence-electron chi connectivity index (χ4n) is 3.53. The zero-order chi connectivity index (χ0) is 14.8. The van der Waals surface area contributed by atoms with E-state index in [0.717, 1.165) is 24.1 Å². The first-order valence-electron chi connectivity index (χ1n) is 7.82. The number of amides is 1. The third-order valence-electron chi connectivity index (χ3n) is 4.77. The standard InChI is InChI=1S/C17H21NO3/c19-16(8-5-12-3-1-2-4-12)18-10-9-13-6-7-14(17(20)21)11-15(13)18/h6-7,11-12H,1-5,8-10H2,(H,20,21). The average Bonchev–Trinajstić information content (AvgIpc) is 3.13. The number of fused-ring (bicyclic) bond motifs is 1. The van der Waals surface area contributed by atoms with Crippen molar-refractivity contribution in [3.63, 3.8) is 0 Å². The van der Waals surface area contributed by atoms with E-state index in [0.29, 0.717) is 18.9 Å². The van der Waals surface area contributed by atoms with Crippen LogP contribution in [-0.2, 0) is 11.2 Å². The Morgan fingerprint density at radius 3 is 2.71 bits per heavy atom. The van der Waals surface area contributed by atoms with Gasteiger partial charge in [0.2, 0.25) is 5.91 Å². The summed E-state index contributed by atoms with van der Waals surface area (Å²) in [4.78, 5) is 25.3. The van der Waals surface area contributed by atoms with Crippen LogP contribution in [0.2, 0.25) is 0 Å². The lowest BCUT2D eigenvalue weighted by molar-refractivity contribution is -0.118. The molecule has 0 spiro atoms. The van der Waals surface area contributed by atoms with Crippen LogP contribution in [0.4, 0.5) is 5.69 Å². The number of rotatable bonds is 4.